The first-order chi connectivity index (χ1) is 15.1. The molecule has 0 radical (unpaired) electrons. The summed E-state index contributed by atoms with van der Waals surface area (Å²) in [5.41, 5.74) is 2.02. The molecular weight excluding hydrogens is 396 g/mol. The summed E-state index contributed by atoms with van der Waals surface area (Å²) in [4.78, 5) is 38.0. The Balaban J connectivity index is 1.41. The second kappa shape index (κ2) is 7.75. The molecule has 2 aliphatic rings. The fourth-order valence-electron chi connectivity index (χ4n) is 3.92. The zero-order valence-electron chi connectivity index (χ0n) is 17.1. The zero-order valence-corrected chi connectivity index (χ0v) is 17.1. The van der Waals surface area contributed by atoms with Crippen LogP contribution in [-0.2, 0) is 24.4 Å². The van der Waals surface area contributed by atoms with Gasteiger partial charge in [-0.05, 0) is 23.8 Å². The number of hydrogen-bond acceptors (Lipinski definition) is 6. The van der Waals surface area contributed by atoms with Gasteiger partial charge < -0.3 is 24.4 Å². The van der Waals surface area contributed by atoms with Crippen LogP contribution in [0.3, 0.4) is 0 Å². The normalized spacial score (nSPS) is 15.2. The number of benzene rings is 1. The first-order valence-electron chi connectivity index (χ1n) is 10.1. The quantitative estimate of drug-likeness (QED) is 0.696. The number of hydrogen-bond donors (Lipinski definition) is 1. The molecule has 2 aromatic heterocycles. The molecule has 9 heteroatoms. The summed E-state index contributed by atoms with van der Waals surface area (Å²) in [5.74, 6) is 2.02. The Bertz CT molecular complexity index is 1140. The lowest BCUT2D eigenvalue weighted by atomic mass is 10.1. The van der Waals surface area contributed by atoms with Crippen molar-refractivity contribution in [3.63, 3.8) is 0 Å². The van der Waals surface area contributed by atoms with Crippen molar-refractivity contribution in [3.05, 3.63) is 65.9 Å². The van der Waals surface area contributed by atoms with Crippen LogP contribution < -0.4 is 15.0 Å². The van der Waals surface area contributed by atoms with Gasteiger partial charge in [0.25, 0.3) is 5.91 Å². The highest BCUT2D eigenvalue weighted by Gasteiger charge is 2.28. The van der Waals surface area contributed by atoms with Crippen molar-refractivity contribution in [2.45, 2.75) is 19.6 Å². The number of ether oxygens (including phenoxy) is 1. The number of carbonyl (C=O) groups is 2. The Labute approximate surface area is 179 Å². The van der Waals surface area contributed by atoms with Gasteiger partial charge in [-0.3, -0.25) is 9.59 Å². The number of pyridine rings is 1. The Morgan fingerprint density at radius 2 is 2.03 bits per heavy atom. The van der Waals surface area contributed by atoms with Gasteiger partial charge in [-0.15, -0.1) is 0 Å². The number of nitrogens with one attached hydrogen (secondary N) is 1. The highest BCUT2D eigenvalue weighted by atomic mass is 16.5. The van der Waals surface area contributed by atoms with Gasteiger partial charge in [0.1, 0.15) is 11.6 Å². The second-order valence-corrected chi connectivity index (χ2v) is 7.54. The predicted octanol–water partition coefficient (Wildman–Crippen LogP) is 1.90. The Hall–Kier alpha value is -3.88. The van der Waals surface area contributed by atoms with Crippen LogP contribution in [0, 0.1) is 0 Å². The molecule has 0 saturated carbocycles. The van der Waals surface area contributed by atoms with E-state index in [9.17, 15) is 9.59 Å². The number of carbonyl (C=O) groups excluding carboxylic acids is 2. The lowest BCUT2D eigenvalue weighted by Gasteiger charge is -2.31. The van der Waals surface area contributed by atoms with Crippen molar-refractivity contribution >= 4 is 23.3 Å². The van der Waals surface area contributed by atoms with Crippen LogP contribution in [-0.4, -0.2) is 51.4 Å². The molecule has 0 fully saturated rings. The van der Waals surface area contributed by atoms with E-state index in [4.69, 9.17) is 4.74 Å². The van der Waals surface area contributed by atoms with Gasteiger partial charge in [-0.25, -0.2) is 9.97 Å². The fourth-order valence-corrected chi connectivity index (χ4v) is 3.92. The molecule has 0 saturated heterocycles. The van der Waals surface area contributed by atoms with E-state index < -0.39 is 0 Å². The van der Waals surface area contributed by atoms with Crippen molar-refractivity contribution in [1.29, 1.82) is 0 Å². The van der Waals surface area contributed by atoms with Crippen LogP contribution in [0.4, 0.5) is 11.5 Å². The van der Waals surface area contributed by atoms with E-state index in [2.05, 4.69) is 15.3 Å². The highest BCUT2D eigenvalue weighted by Crippen LogP contribution is 2.30. The van der Waals surface area contributed by atoms with Crippen LogP contribution in [0.15, 0.2) is 48.9 Å². The van der Waals surface area contributed by atoms with Crippen molar-refractivity contribution in [1.82, 2.24) is 19.4 Å². The predicted molar refractivity (Wildman–Crippen MR) is 114 cm³/mol. The number of nitrogens with zero attached hydrogens (tertiary/aromatic N) is 5. The largest absolute Gasteiger partial charge is 0.497 e. The number of amides is 2. The summed E-state index contributed by atoms with van der Waals surface area (Å²) in [5, 5.41) is 3.04. The number of methoxy groups -OCH3 is 1. The molecule has 158 valence electrons. The molecule has 0 unspecified atom stereocenters. The van der Waals surface area contributed by atoms with E-state index in [0.717, 1.165) is 17.1 Å². The number of aromatic nitrogens is 3. The maximum absolute atomic E-state index is 13.1. The van der Waals surface area contributed by atoms with E-state index in [0.29, 0.717) is 43.2 Å². The Kier molecular flexibility index (Phi) is 4.78. The fraction of sp³-hybridized carbons (Fsp3) is 0.273. The topological polar surface area (TPSA) is 92.6 Å². The van der Waals surface area contributed by atoms with Crippen LogP contribution in [0.5, 0.6) is 5.75 Å². The van der Waals surface area contributed by atoms with E-state index in [1.54, 1.807) is 35.4 Å². The smallest absolute Gasteiger partial charge is 0.255 e. The molecule has 3 aromatic rings. The molecule has 0 spiro atoms. The number of rotatable bonds is 4. The van der Waals surface area contributed by atoms with Crippen LogP contribution >= 0.6 is 0 Å². The van der Waals surface area contributed by atoms with Crippen LogP contribution in [0.2, 0.25) is 0 Å². The second-order valence-electron chi connectivity index (χ2n) is 7.54. The highest BCUT2D eigenvalue weighted by molar-refractivity contribution is 6.04. The van der Waals surface area contributed by atoms with E-state index in [-0.39, 0.29) is 18.4 Å². The summed E-state index contributed by atoms with van der Waals surface area (Å²) in [6.45, 7) is 2.32. The van der Waals surface area contributed by atoms with Crippen molar-refractivity contribution in [2.75, 3.05) is 30.4 Å². The van der Waals surface area contributed by atoms with Gasteiger partial charge in [0, 0.05) is 31.7 Å². The number of fused-ring (bicyclic) bond motifs is 2. The Morgan fingerprint density at radius 3 is 2.84 bits per heavy atom. The van der Waals surface area contributed by atoms with Crippen LogP contribution in [0.25, 0.3) is 0 Å². The van der Waals surface area contributed by atoms with Gasteiger partial charge in [0.2, 0.25) is 5.91 Å². The van der Waals surface area contributed by atoms with Gasteiger partial charge >= 0.3 is 0 Å². The summed E-state index contributed by atoms with van der Waals surface area (Å²) < 4.78 is 7.25. The van der Waals surface area contributed by atoms with Gasteiger partial charge in [0.05, 0.1) is 38.0 Å². The standard InChI is InChI=1S/C22H22N6O3/c1-31-17-4-2-15(3-5-17)13-28-18-10-16(11-24-21(18)25-12-20(28)29)22(30)27-9-8-26-7-6-23-19(26)14-27/h2-7,10-11H,8-9,12-14H2,1H3,(H,24,25). The molecule has 2 aliphatic heterocycles. The summed E-state index contributed by atoms with van der Waals surface area (Å²) >= 11 is 0. The van der Waals surface area contributed by atoms with E-state index in [1.807, 2.05) is 35.0 Å². The van der Waals surface area contributed by atoms with E-state index >= 15 is 0 Å². The SMILES string of the molecule is COc1ccc(CN2C(=O)CNc3ncc(C(=O)N4CCn5ccnc5C4)cc32)cc1. The molecule has 1 aromatic carbocycles. The molecule has 2 amide bonds. The van der Waals surface area contributed by atoms with Gasteiger partial charge in [0.15, 0.2) is 5.82 Å². The minimum absolute atomic E-state index is 0.0743. The molecular formula is C22H22N6O3. The van der Waals surface area contributed by atoms with Crippen molar-refractivity contribution < 1.29 is 14.3 Å². The molecule has 0 atom stereocenters. The number of anilines is 2. The summed E-state index contributed by atoms with van der Waals surface area (Å²) in [7, 11) is 1.62. The lowest BCUT2D eigenvalue weighted by Crippen LogP contribution is -2.41. The zero-order chi connectivity index (χ0) is 21.4. The average molecular weight is 418 g/mol. The van der Waals surface area contributed by atoms with Gasteiger partial charge in [-0.2, -0.15) is 0 Å². The monoisotopic (exact) mass is 418 g/mol. The van der Waals surface area contributed by atoms with Gasteiger partial charge in [-0.1, -0.05) is 12.1 Å². The third-order valence-corrected chi connectivity index (χ3v) is 5.65. The summed E-state index contributed by atoms with van der Waals surface area (Å²) in [6.07, 6.45) is 5.24. The third-order valence-electron chi connectivity index (χ3n) is 5.65. The molecule has 4 heterocycles. The summed E-state index contributed by atoms with van der Waals surface area (Å²) in [6, 6.07) is 9.32. The molecule has 0 aliphatic carbocycles. The van der Waals surface area contributed by atoms with E-state index in [1.165, 1.54) is 0 Å². The molecule has 9 nitrogen and oxygen atoms in total. The van der Waals surface area contributed by atoms with Crippen LogP contribution in [0.1, 0.15) is 21.7 Å². The minimum atomic E-state index is -0.119. The third kappa shape index (κ3) is 3.58. The minimum Gasteiger partial charge on any atom is -0.497 e. The first-order valence-corrected chi connectivity index (χ1v) is 10.1. The maximum Gasteiger partial charge on any atom is 0.255 e. The lowest BCUT2D eigenvalue weighted by molar-refractivity contribution is -0.117. The molecule has 31 heavy (non-hydrogen) atoms. The average Bonchev–Trinajstić information content (AvgIpc) is 3.28. The molecule has 0 bridgehead atoms. The van der Waals surface area contributed by atoms with Crippen molar-refractivity contribution in [2.24, 2.45) is 0 Å². The van der Waals surface area contributed by atoms with Crippen molar-refractivity contribution in [3.8, 4) is 5.75 Å². The Morgan fingerprint density at radius 1 is 1.19 bits per heavy atom. The molecule has 5 rings (SSSR count). The molecule has 1 N–H and O–H groups in total. The maximum atomic E-state index is 13.1. The number of imidazole rings is 1. The first kappa shape index (κ1) is 19.1.